The molecule has 1 N–H and O–H groups in total. The third-order valence-electron chi connectivity index (χ3n) is 6.58. The molecule has 2 unspecified atom stereocenters. The lowest BCUT2D eigenvalue weighted by molar-refractivity contribution is -0.143. The summed E-state index contributed by atoms with van der Waals surface area (Å²) in [4.78, 5) is 33.1. The number of pyridine rings is 1. The minimum absolute atomic E-state index is 0.0117. The molecule has 0 bridgehead atoms. The summed E-state index contributed by atoms with van der Waals surface area (Å²) in [7, 11) is 0. The highest BCUT2D eigenvalue weighted by Gasteiger charge is 2.38. The molecule has 6 heteroatoms. The van der Waals surface area contributed by atoms with Gasteiger partial charge in [-0.2, -0.15) is 0 Å². The largest absolute Gasteiger partial charge is 0.391 e. The van der Waals surface area contributed by atoms with E-state index in [0.29, 0.717) is 32.1 Å². The first-order chi connectivity index (χ1) is 13.1. The molecule has 3 aliphatic rings. The van der Waals surface area contributed by atoms with Crippen LogP contribution in [-0.2, 0) is 16.0 Å². The van der Waals surface area contributed by atoms with Gasteiger partial charge < -0.3 is 14.9 Å². The number of aliphatic hydroxyl groups is 1. The maximum Gasteiger partial charge on any atom is 0.225 e. The maximum absolute atomic E-state index is 12.9. The second kappa shape index (κ2) is 7.97. The number of rotatable bonds is 4. The molecule has 4 rings (SSSR count). The van der Waals surface area contributed by atoms with Gasteiger partial charge in [0, 0.05) is 56.3 Å². The second-order valence-corrected chi connectivity index (χ2v) is 8.36. The van der Waals surface area contributed by atoms with Crippen LogP contribution in [0.15, 0.2) is 24.5 Å². The van der Waals surface area contributed by atoms with Crippen molar-refractivity contribution in [2.45, 2.75) is 44.6 Å². The number of carbonyl (C=O) groups is 2. The number of nitrogens with zero attached hydrogens (tertiary/aromatic N) is 3. The summed E-state index contributed by atoms with van der Waals surface area (Å²) in [5.41, 5.74) is 1.14. The van der Waals surface area contributed by atoms with Crippen LogP contribution in [0.3, 0.4) is 0 Å². The van der Waals surface area contributed by atoms with Crippen molar-refractivity contribution in [3.8, 4) is 0 Å². The van der Waals surface area contributed by atoms with Crippen LogP contribution in [0.1, 0.15) is 37.7 Å². The lowest BCUT2D eigenvalue weighted by atomic mass is 9.83. The van der Waals surface area contributed by atoms with Crippen molar-refractivity contribution in [1.29, 1.82) is 0 Å². The minimum Gasteiger partial charge on any atom is -0.391 e. The molecule has 0 radical (unpaired) electrons. The normalized spacial score (nSPS) is 26.9. The number of aromatic nitrogens is 1. The Bertz CT molecular complexity index is 669. The van der Waals surface area contributed by atoms with E-state index in [1.807, 2.05) is 21.9 Å². The Morgan fingerprint density at radius 3 is 2.22 bits per heavy atom. The van der Waals surface area contributed by atoms with E-state index in [1.165, 1.54) is 6.42 Å². The van der Waals surface area contributed by atoms with Gasteiger partial charge in [-0.1, -0.05) is 6.42 Å². The van der Waals surface area contributed by atoms with E-state index in [2.05, 4.69) is 4.98 Å². The van der Waals surface area contributed by atoms with Gasteiger partial charge >= 0.3 is 0 Å². The highest BCUT2D eigenvalue weighted by atomic mass is 16.3. The summed E-state index contributed by atoms with van der Waals surface area (Å²) in [6, 6.07) is 3.93. The fourth-order valence-electron chi connectivity index (χ4n) is 4.57. The summed E-state index contributed by atoms with van der Waals surface area (Å²) in [6.07, 6.45) is 8.55. The quantitative estimate of drug-likeness (QED) is 0.870. The lowest BCUT2D eigenvalue weighted by Crippen LogP contribution is -2.46. The number of hydrogen-bond acceptors (Lipinski definition) is 4. The van der Waals surface area contributed by atoms with Gasteiger partial charge in [-0.05, 0) is 49.8 Å². The second-order valence-electron chi connectivity index (χ2n) is 8.36. The van der Waals surface area contributed by atoms with Crippen LogP contribution in [0.2, 0.25) is 0 Å². The third kappa shape index (κ3) is 4.00. The van der Waals surface area contributed by atoms with Crippen molar-refractivity contribution in [3.05, 3.63) is 30.1 Å². The fourth-order valence-corrected chi connectivity index (χ4v) is 4.57. The Hall–Kier alpha value is -1.95. The third-order valence-corrected chi connectivity index (χ3v) is 6.58. The first-order valence-electron chi connectivity index (χ1n) is 10.3. The van der Waals surface area contributed by atoms with Crippen LogP contribution < -0.4 is 0 Å². The van der Waals surface area contributed by atoms with E-state index in [-0.39, 0.29) is 23.7 Å². The van der Waals surface area contributed by atoms with E-state index in [9.17, 15) is 14.7 Å². The van der Waals surface area contributed by atoms with Gasteiger partial charge in [-0.3, -0.25) is 14.6 Å². The Kier molecular flexibility index (Phi) is 5.43. The molecule has 2 amide bonds. The molecular weight excluding hydrogens is 342 g/mol. The monoisotopic (exact) mass is 371 g/mol. The lowest BCUT2D eigenvalue weighted by Gasteiger charge is -2.37. The zero-order chi connectivity index (χ0) is 18.8. The average molecular weight is 371 g/mol. The van der Waals surface area contributed by atoms with Gasteiger partial charge in [0.05, 0.1) is 6.10 Å². The van der Waals surface area contributed by atoms with Crippen LogP contribution in [0.25, 0.3) is 0 Å². The smallest absolute Gasteiger partial charge is 0.225 e. The Morgan fingerprint density at radius 2 is 1.59 bits per heavy atom. The molecule has 1 aromatic rings. The molecule has 2 saturated heterocycles. The number of aliphatic hydroxyl groups excluding tert-OH is 1. The molecule has 3 heterocycles. The summed E-state index contributed by atoms with van der Waals surface area (Å²) < 4.78 is 0. The molecule has 3 fully saturated rings. The Balaban J connectivity index is 1.28. The van der Waals surface area contributed by atoms with Gasteiger partial charge in [0.25, 0.3) is 0 Å². The molecule has 1 aliphatic carbocycles. The van der Waals surface area contributed by atoms with E-state index in [4.69, 9.17) is 0 Å². The van der Waals surface area contributed by atoms with Crippen molar-refractivity contribution < 1.29 is 14.7 Å². The summed E-state index contributed by atoms with van der Waals surface area (Å²) in [5, 5.41) is 10.4. The topological polar surface area (TPSA) is 73.7 Å². The molecule has 27 heavy (non-hydrogen) atoms. The number of carbonyl (C=O) groups excluding carboxylic acids is 2. The van der Waals surface area contributed by atoms with Crippen molar-refractivity contribution in [3.63, 3.8) is 0 Å². The molecule has 2 atom stereocenters. The average Bonchev–Trinajstić information content (AvgIpc) is 3.01. The summed E-state index contributed by atoms with van der Waals surface area (Å²) in [6.45, 7) is 2.44. The van der Waals surface area contributed by atoms with Crippen molar-refractivity contribution in [2.75, 3.05) is 26.2 Å². The Morgan fingerprint density at radius 1 is 0.963 bits per heavy atom. The molecule has 1 saturated carbocycles. The first kappa shape index (κ1) is 18.4. The van der Waals surface area contributed by atoms with Gasteiger partial charge in [0.2, 0.25) is 11.8 Å². The molecule has 0 spiro atoms. The SMILES string of the molecule is O=C(C1CCC1)N1CCC(C(=O)N2CC(O)C(Cc3ccncc3)C2)CC1. The molecule has 1 aromatic heterocycles. The van der Waals surface area contributed by atoms with Crippen LogP contribution in [0.5, 0.6) is 0 Å². The number of amides is 2. The summed E-state index contributed by atoms with van der Waals surface area (Å²) >= 11 is 0. The molecule has 2 aliphatic heterocycles. The van der Waals surface area contributed by atoms with Gasteiger partial charge in [-0.15, -0.1) is 0 Å². The van der Waals surface area contributed by atoms with Crippen LogP contribution in [0, 0.1) is 17.8 Å². The van der Waals surface area contributed by atoms with Gasteiger partial charge in [0.15, 0.2) is 0 Å². The van der Waals surface area contributed by atoms with Crippen molar-refractivity contribution in [1.82, 2.24) is 14.8 Å². The van der Waals surface area contributed by atoms with E-state index in [0.717, 1.165) is 37.7 Å². The number of piperidine rings is 1. The van der Waals surface area contributed by atoms with Crippen LogP contribution in [0.4, 0.5) is 0 Å². The van der Waals surface area contributed by atoms with Gasteiger partial charge in [-0.25, -0.2) is 0 Å². The zero-order valence-corrected chi connectivity index (χ0v) is 15.8. The fraction of sp³-hybridized carbons (Fsp3) is 0.667. The number of hydrogen-bond donors (Lipinski definition) is 1. The predicted octanol–water partition coefficient (Wildman–Crippen LogP) is 1.48. The first-order valence-corrected chi connectivity index (χ1v) is 10.3. The van der Waals surface area contributed by atoms with E-state index < -0.39 is 6.10 Å². The highest BCUT2D eigenvalue weighted by Crippen LogP contribution is 2.31. The van der Waals surface area contributed by atoms with Crippen LogP contribution in [-0.4, -0.2) is 64.0 Å². The molecule has 146 valence electrons. The predicted molar refractivity (Wildman–Crippen MR) is 101 cm³/mol. The maximum atomic E-state index is 12.9. The van der Waals surface area contributed by atoms with Gasteiger partial charge in [0.1, 0.15) is 0 Å². The summed E-state index contributed by atoms with van der Waals surface area (Å²) in [5.74, 6) is 0.752. The van der Waals surface area contributed by atoms with E-state index in [1.54, 1.807) is 12.4 Å². The van der Waals surface area contributed by atoms with Crippen molar-refractivity contribution in [2.24, 2.45) is 17.8 Å². The number of likely N-dealkylation sites (tertiary alicyclic amines) is 2. The number of β-amino-alcohol motifs (C(OH)–C–C–N with tert-alkyl or cyclic N) is 1. The minimum atomic E-state index is -0.470. The zero-order valence-electron chi connectivity index (χ0n) is 15.8. The highest BCUT2D eigenvalue weighted by molar-refractivity contribution is 5.81. The van der Waals surface area contributed by atoms with Crippen molar-refractivity contribution >= 4 is 11.8 Å². The van der Waals surface area contributed by atoms with E-state index >= 15 is 0 Å². The molecular formula is C21H29N3O3. The molecule has 0 aromatic carbocycles. The Labute approximate surface area is 160 Å². The standard InChI is InChI=1S/C21H29N3O3/c25-19-14-24(13-18(19)12-15-4-8-22-9-5-15)21(27)17-6-10-23(11-7-17)20(26)16-2-1-3-16/h4-5,8-9,16-19,25H,1-3,6-7,10-14H2. The molecule has 6 nitrogen and oxygen atoms in total. The van der Waals surface area contributed by atoms with Crippen LogP contribution >= 0.6 is 0 Å².